The zero-order valence-corrected chi connectivity index (χ0v) is 17.9. The van der Waals surface area contributed by atoms with E-state index in [-0.39, 0.29) is 35.6 Å². The summed E-state index contributed by atoms with van der Waals surface area (Å²) in [6.45, 7) is 3.92. The average Bonchev–Trinajstić information content (AvgIpc) is 2.78. The van der Waals surface area contributed by atoms with E-state index in [2.05, 4.69) is 0 Å². The Morgan fingerprint density at radius 3 is 2.58 bits per heavy atom. The van der Waals surface area contributed by atoms with Gasteiger partial charge in [-0.15, -0.1) is 0 Å². The highest BCUT2D eigenvalue weighted by Crippen LogP contribution is 2.36. The minimum Gasteiger partial charge on any atom is -0.497 e. The minimum absolute atomic E-state index is 0.0583. The predicted octanol–water partition coefficient (Wildman–Crippen LogP) is 4.53. The summed E-state index contributed by atoms with van der Waals surface area (Å²) in [5.41, 5.74) is 2.48. The Hall–Kier alpha value is -3.28. The molecule has 0 bridgehead atoms. The second kappa shape index (κ2) is 8.84. The first kappa shape index (κ1) is 21.0. The molecule has 1 heterocycles. The number of Topliss-reactive ketones (excluding diaryl/α,β-unsaturated/α-hetero) is 1. The quantitative estimate of drug-likeness (QED) is 0.660. The van der Waals surface area contributed by atoms with Crippen molar-refractivity contribution in [3.63, 3.8) is 0 Å². The molecule has 2 aromatic carbocycles. The van der Waals surface area contributed by atoms with Crippen LogP contribution in [0.5, 0.6) is 11.5 Å². The number of benzene rings is 2. The van der Waals surface area contributed by atoms with E-state index in [9.17, 15) is 9.59 Å². The number of fused-ring (bicyclic) bond motifs is 1. The Morgan fingerprint density at radius 1 is 1.06 bits per heavy atom. The zero-order chi connectivity index (χ0) is 22.0. The van der Waals surface area contributed by atoms with Crippen molar-refractivity contribution in [2.75, 3.05) is 7.11 Å². The molecule has 2 aliphatic rings. The Bertz CT molecular complexity index is 1010. The molecule has 0 aromatic heterocycles. The summed E-state index contributed by atoms with van der Waals surface area (Å²) in [4.78, 5) is 25.4. The second-order valence-corrected chi connectivity index (χ2v) is 8.07. The van der Waals surface area contributed by atoms with E-state index in [4.69, 9.17) is 18.9 Å². The largest absolute Gasteiger partial charge is 0.497 e. The van der Waals surface area contributed by atoms with Crippen LogP contribution >= 0.6 is 0 Å². The van der Waals surface area contributed by atoms with Gasteiger partial charge in [-0.1, -0.05) is 12.1 Å². The molecule has 3 unspecified atom stereocenters. The summed E-state index contributed by atoms with van der Waals surface area (Å²) in [5.74, 6) is 0.824. The standard InChI is InChI=1S/C25H26O6/c1-15-4-5-16(2)21(12-15)31-23-14-29-22-13-19(10-11-20(22)24(23)26)30-25(27)17-6-8-18(28-3)9-7-17/h4-9,12,14,19-20,22H,10-11,13H2,1-3H3. The summed E-state index contributed by atoms with van der Waals surface area (Å²) >= 11 is 0. The van der Waals surface area contributed by atoms with Gasteiger partial charge in [-0.3, -0.25) is 4.79 Å². The lowest BCUT2D eigenvalue weighted by Crippen LogP contribution is -2.43. The van der Waals surface area contributed by atoms with Gasteiger partial charge < -0.3 is 18.9 Å². The van der Waals surface area contributed by atoms with Crippen molar-refractivity contribution < 1.29 is 28.5 Å². The van der Waals surface area contributed by atoms with Gasteiger partial charge in [0.1, 0.15) is 30.0 Å². The number of allylic oxidation sites excluding steroid dienone is 1. The van der Waals surface area contributed by atoms with Gasteiger partial charge in [0.2, 0.25) is 11.5 Å². The molecule has 4 rings (SSSR count). The van der Waals surface area contributed by atoms with Crippen LogP contribution in [0.25, 0.3) is 0 Å². The van der Waals surface area contributed by atoms with Crippen molar-refractivity contribution in [1.82, 2.24) is 0 Å². The molecule has 0 saturated heterocycles. The molecule has 0 spiro atoms. The highest BCUT2D eigenvalue weighted by atomic mass is 16.6. The molecule has 1 aliphatic heterocycles. The maximum Gasteiger partial charge on any atom is 0.338 e. The molecular weight excluding hydrogens is 396 g/mol. The number of carbonyl (C=O) groups excluding carboxylic acids is 2. The highest BCUT2D eigenvalue weighted by molar-refractivity contribution is 5.96. The second-order valence-electron chi connectivity index (χ2n) is 8.07. The minimum atomic E-state index is -0.386. The van der Waals surface area contributed by atoms with Crippen LogP contribution in [0.4, 0.5) is 0 Å². The number of esters is 1. The van der Waals surface area contributed by atoms with Gasteiger partial charge in [-0.25, -0.2) is 4.79 Å². The van der Waals surface area contributed by atoms with Crippen LogP contribution in [-0.2, 0) is 14.3 Å². The van der Waals surface area contributed by atoms with Crippen molar-refractivity contribution in [1.29, 1.82) is 0 Å². The Kier molecular flexibility index (Phi) is 5.98. The lowest BCUT2D eigenvalue weighted by atomic mass is 9.80. The first-order valence-corrected chi connectivity index (χ1v) is 10.4. The third-order valence-corrected chi connectivity index (χ3v) is 5.84. The van der Waals surface area contributed by atoms with Crippen LogP contribution in [0.2, 0.25) is 0 Å². The molecule has 0 amide bonds. The smallest absolute Gasteiger partial charge is 0.338 e. The third kappa shape index (κ3) is 4.58. The van der Waals surface area contributed by atoms with Crippen LogP contribution in [0.3, 0.4) is 0 Å². The van der Waals surface area contributed by atoms with Crippen molar-refractivity contribution in [2.45, 2.75) is 45.3 Å². The molecule has 1 fully saturated rings. The van der Waals surface area contributed by atoms with Crippen molar-refractivity contribution in [3.05, 3.63) is 71.2 Å². The number of ketones is 1. The number of ether oxygens (including phenoxy) is 4. The van der Waals surface area contributed by atoms with Crippen LogP contribution < -0.4 is 9.47 Å². The predicted molar refractivity (Wildman–Crippen MR) is 114 cm³/mol. The van der Waals surface area contributed by atoms with Crippen molar-refractivity contribution >= 4 is 11.8 Å². The SMILES string of the molecule is COc1ccc(C(=O)OC2CCC3C(=O)C(Oc4cc(C)ccc4C)=COC3C2)cc1. The molecular formula is C25H26O6. The van der Waals surface area contributed by atoms with Gasteiger partial charge in [0, 0.05) is 6.42 Å². The van der Waals surface area contributed by atoms with Crippen molar-refractivity contribution in [3.8, 4) is 11.5 Å². The normalized spacial score (nSPS) is 22.6. The molecule has 162 valence electrons. The van der Waals surface area contributed by atoms with E-state index in [1.54, 1.807) is 31.4 Å². The van der Waals surface area contributed by atoms with Gasteiger partial charge >= 0.3 is 5.97 Å². The number of rotatable bonds is 5. The molecule has 6 heteroatoms. The fraction of sp³-hybridized carbons (Fsp3) is 0.360. The van der Waals surface area contributed by atoms with Gasteiger partial charge in [0.15, 0.2) is 0 Å². The fourth-order valence-corrected chi connectivity index (χ4v) is 4.00. The summed E-state index contributed by atoms with van der Waals surface area (Å²) in [6, 6.07) is 12.7. The number of methoxy groups -OCH3 is 1. The molecule has 2 aromatic rings. The molecule has 0 radical (unpaired) electrons. The molecule has 0 N–H and O–H groups in total. The van der Waals surface area contributed by atoms with Gasteiger partial charge in [-0.2, -0.15) is 0 Å². The number of carbonyl (C=O) groups is 2. The van der Waals surface area contributed by atoms with Gasteiger partial charge in [-0.05, 0) is 68.1 Å². The Balaban J connectivity index is 1.39. The molecule has 31 heavy (non-hydrogen) atoms. The van der Waals surface area contributed by atoms with Gasteiger partial charge in [0.05, 0.1) is 18.6 Å². The highest BCUT2D eigenvalue weighted by Gasteiger charge is 2.42. The summed E-state index contributed by atoms with van der Waals surface area (Å²) < 4.78 is 22.5. The number of aryl methyl sites for hydroxylation is 2. The lowest BCUT2D eigenvalue weighted by Gasteiger charge is -2.36. The molecule has 1 saturated carbocycles. The third-order valence-electron chi connectivity index (χ3n) is 5.84. The maximum absolute atomic E-state index is 13.0. The number of hydrogen-bond acceptors (Lipinski definition) is 6. The summed E-state index contributed by atoms with van der Waals surface area (Å²) in [7, 11) is 1.57. The van der Waals surface area contributed by atoms with Crippen LogP contribution in [0.15, 0.2) is 54.5 Å². The first-order valence-electron chi connectivity index (χ1n) is 10.4. The topological polar surface area (TPSA) is 71.1 Å². The molecule has 3 atom stereocenters. The number of hydrogen-bond donors (Lipinski definition) is 0. The maximum atomic E-state index is 13.0. The van der Waals surface area contributed by atoms with Crippen LogP contribution in [0, 0.1) is 19.8 Å². The summed E-state index contributed by atoms with van der Waals surface area (Å²) in [5, 5.41) is 0. The van der Waals surface area contributed by atoms with E-state index in [1.807, 2.05) is 32.0 Å². The first-order chi connectivity index (χ1) is 14.9. The van der Waals surface area contributed by atoms with E-state index < -0.39 is 0 Å². The van der Waals surface area contributed by atoms with Crippen LogP contribution in [-0.4, -0.2) is 31.1 Å². The zero-order valence-electron chi connectivity index (χ0n) is 17.9. The van der Waals surface area contributed by atoms with E-state index in [0.717, 1.165) is 11.1 Å². The Labute approximate surface area is 181 Å². The average molecular weight is 422 g/mol. The molecule has 6 nitrogen and oxygen atoms in total. The fourth-order valence-electron chi connectivity index (χ4n) is 4.00. The monoisotopic (exact) mass is 422 g/mol. The Morgan fingerprint density at radius 2 is 1.84 bits per heavy atom. The van der Waals surface area contributed by atoms with Gasteiger partial charge in [0.25, 0.3) is 0 Å². The van der Waals surface area contributed by atoms with E-state index >= 15 is 0 Å². The van der Waals surface area contributed by atoms with Crippen molar-refractivity contribution in [2.24, 2.45) is 5.92 Å². The lowest BCUT2D eigenvalue weighted by molar-refractivity contribution is -0.132. The van der Waals surface area contributed by atoms with Crippen LogP contribution in [0.1, 0.15) is 40.7 Å². The van der Waals surface area contributed by atoms with E-state index in [0.29, 0.717) is 36.3 Å². The van der Waals surface area contributed by atoms with E-state index in [1.165, 1.54) is 6.26 Å². The summed E-state index contributed by atoms with van der Waals surface area (Å²) in [6.07, 6.45) is 2.45. The molecule has 1 aliphatic carbocycles.